The summed E-state index contributed by atoms with van der Waals surface area (Å²) in [6, 6.07) is 23.0. The van der Waals surface area contributed by atoms with Gasteiger partial charge in [-0.1, -0.05) is 48.2 Å². The van der Waals surface area contributed by atoms with E-state index < -0.39 is 0 Å². The van der Waals surface area contributed by atoms with Gasteiger partial charge < -0.3 is 4.57 Å². The van der Waals surface area contributed by atoms with Gasteiger partial charge in [0.1, 0.15) is 6.07 Å². The summed E-state index contributed by atoms with van der Waals surface area (Å²) in [6.45, 7) is 0.747. The first-order valence-electron chi connectivity index (χ1n) is 7.97. The van der Waals surface area contributed by atoms with Gasteiger partial charge >= 0.3 is 0 Å². The lowest BCUT2D eigenvalue weighted by Crippen LogP contribution is -1.97. The predicted molar refractivity (Wildman–Crippen MR) is 101 cm³/mol. The van der Waals surface area contributed by atoms with Gasteiger partial charge in [0, 0.05) is 28.7 Å². The van der Waals surface area contributed by atoms with E-state index in [1.165, 1.54) is 10.8 Å². The number of rotatable bonds is 4. The second-order valence-electron chi connectivity index (χ2n) is 5.79. The van der Waals surface area contributed by atoms with E-state index in [4.69, 9.17) is 0 Å². The Morgan fingerprint density at radius 3 is 2.68 bits per heavy atom. The fourth-order valence-corrected chi connectivity index (χ4v) is 3.80. The molecule has 4 heteroatoms. The quantitative estimate of drug-likeness (QED) is 0.518. The SMILES string of the molecule is N#Cc1ccc(Cn2ccnc2)cc1Sc1ccc2ccccc2c1. The highest BCUT2D eigenvalue weighted by Crippen LogP contribution is 2.33. The number of aromatic nitrogens is 2. The van der Waals surface area contributed by atoms with Crippen LogP contribution in [0.5, 0.6) is 0 Å². The second-order valence-corrected chi connectivity index (χ2v) is 6.90. The Morgan fingerprint density at radius 2 is 1.88 bits per heavy atom. The highest BCUT2D eigenvalue weighted by molar-refractivity contribution is 7.99. The molecule has 1 aromatic heterocycles. The zero-order valence-corrected chi connectivity index (χ0v) is 14.3. The van der Waals surface area contributed by atoms with Crippen molar-refractivity contribution < 1.29 is 0 Å². The Morgan fingerprint density at radius 1 is 1.00 bits per heavy atom. The third-order valence-electron chi connectivity index (χ3n) is 4.04. The minimum absolute atomic E-state index is 0.701. The van der Waals surface area contributed by atoms with Gasteiger partial charge in [-0.2, -0.15) is 5.26 Å². The van der Waals surface area contributed by atoms with Crippen molar-refractivity contribution in [2.45, 2.75) is 16.3 Å². The molecule has 0 saturated carbocycles. The van der Waals surface area contributed by atoms with Crippen molar-refractivity contribution in [3.8, 4) is 6.07 Å². The van der Waals surface area contributed by atoms with Crippen LogP contribution in [0.4, 0.5) is 0 Å². The number of benzene rings is 3. The summed E-state index contributed by atoms with van der Waals surface area (Å²) >= 11 is 1.63. The third kappa shape index (κ3) is 3.42. The molecule has 0 aliphatic rings. The molecule has 4 rings (SSSR count). The maximum absolute atomic E-state index is 9.44. The van der Waals surface area contributed by atoms with Crippen LogP contribution < -0.4 is 0 Å². The molecule has 120 valence electrons. The molecule has 0 spiro atoms. The molecular formula is C21H15N3S. The lowest BCUT2D eigenvalue weighted by molar-refractivity contribution is 0.795. The van der Waals surface area contributed by atoms with Crippen LogP contribution in [-0.4, -0.2) is 9.55 Å². The fourth-order valence-electron chi connectivity index (χ4n) is 2.79. The van der Waals surface area contributed by atoms with E-state index in [-0.39, 0.29) is 0 Å². The first-order chi connectivity index (χ1) is 12.3. The molecule has 25 heavy (non-hydrogen) atoms. The van der Waals surface area contributed by atoms with E-state index >= 15 is 0 Å². The number of hydrogen-bond donors (Lipinski definition) is 0. The lowest BCUT2D eigenvalue weighted by Gasteiger charge is -2.09. The summed E-state index contributed by atoms with van der Waals surface area (Å²) in [5.74, 6) is 0. The Bertz CT molecular complexity index is 1060. The Hall–Kier alpha value is -3.03. The van der Waals surface area contributed by atoms with E-state index in [9.17, 15) is 5.26 Å². The predicted octanol–water partition coefficient (Wildman–Crippen LogP) is 5.11. The third-order valence-corrected chi connectivity index (χ3v) is 5.09. The van der Waals surface area contributed by atoms with Gasteiger partial charge in [0.15, 0.2) is 0 Å². The Kier molecular flexibility index (Phi) is 4.24. The maximum Gasteiger partial charge on any atom is 0.100 e. The van der Waals surface area contributed by atoms with Crippen molar-refractivity contribution in [1.82, 2.24) is 9.55 Å². The largest absolute Gasteiger partial charge is 0.333 e. The molecule has 0 radical (unpaired) electrons. The molecule has 0 bridgehead atoms. The molecule has 3 nitrogen and oxygen atoms in total. The van der Waals surface area contributed by atoms with Gasteiger partial charge in [-0.15, -0.1) is 0 Å². The van der Waals surface area contributed by atoms with Crippen molar-refractivity contribution >= 4 is 22.5 Å². The fraction of sp³-hybridized carbons (Fsp3) is 0.0476. The van der Waals surface area contributed by atoms with E-state index in [0.717, 1.165) is 21.9 Å². The zero-order chi connectivity index (χ0) is 17.1. The van der Waals surface area contributed by atoms with Gasteiger partial charge in [-0.25, -0.2) is 4.98 Å². The monoisotopic (exact) mass is 341 g/mol. The van der Waals surface area contributed by atoms with Crippen LogP contribution in [0, 0.1) is 11.3 Å². The Labute approximate surface area is 150 Å². The van der Waals surface area contributed by atoms with Gasteiger partial charge in [-0.3, -0.25) is 0 Å². The van der Waals surface area contributed by atoms with Gasteiger partial charge in [0.2, 0.25) is 0 Å². The average Bonchev–Trinajstić information content (AvgIpc) is 3.15. The van der Waals surface area contributed by atoms with Crippen molar-refractivity contribution in [3.63, 3.8) is 0 Å². The van der Waals surface area contributed by atoms with Crippen LogP contribution >= 0.6 is 11.8 Å². The van der Waals surface area contributed by atoms with E-state index in [2.05, 4.69) is 47.5 Å². The van der Waals surface area contributed by atoms with Crippen LogP contribution in [0.25, 0.3) is 10.8 Å². The summed E-state index contributed by atoms with van der Waals surface area (Å²) < 4.78 is 2.02. The van der Waals surface area contributed by atoms with Crippen LogP contribution in [0.15, 0.2) is 89.2 Å². The molecule has 4 aromatic rings. The summed E-state index contributed by atoms with van der Waals surface area (Å²) in [7, 11) is 0. The Balaban J connectivity index is 1.66. The van der Waals surface area contributed by atoms with E-state index in [1.54, 1.807) is 24.3 Å². The highest BCUT2D eigenvalue weighted by Gasteiger charge is 2.07. The summed E-state index contributed by atoms with van der Waals surface area (Å²) in [6.07, 6.45) is 5.51. The van der Waals surface area contributed by atoms with Gasteiger partial charge in [0.05, 0.1) is 11.9 Å². The second kappa shape index (κ2) is 6.84. The highest BCUT2D eigenvalue weighted by atomic mass is 32.2. The minimum Gasteiger partial charge on any atom is -0.333 e. The molecule has 0 unspecified atom stereocenters. The normalized spacial score (nSPS) is 10.7. The van der Waals surface area contributed by atoms with Gasteiger partial charge in [-0.05, 0) is 40.6 Å². The van der Waals surface area contributed by atoms with Crippen molar-refractivity contribution in [2.24, 2.45) is 0 Å². The van der Waals surface area contributed by atoms with Crippen molar-refractivity contribution in [2.75, 3.05) is 0 Å². The lowest BCUT2D eigenvalue weighted by atomic mass is 10.1. The molecule has 0 amide bonds. The average molecular weight is 341 g/mol. The zero-order valence-electron chi connectivity index (χ0n) is 13.5. The van der Waals surface area contributed by atoms with E-state index in [1.807, 2.05) is 35.0 Å². The molecule has 0 atom stereocenters. The maximum atomic E-state index is 9.44. The summed E-state index contributed by atoms with van der Waals surface area (Å²) in [5.41, 5.74) is 1.85. The minimum atomic E-state index is 0.701. The van der Waals surface area contributed by atoms with Crippen molar-refractivity contribution in [3.05, 3.63) is 90.5 Å². The number of imidazole rings is 1. The molecular weight excluding hydrogens is 326 g/mol. The number of nitrogens with zero attached hydrogens (tertiary/aromatic N) is 3. The molecule has 0 N–H and O–H groups in total. The van der Waals surface area contributed by atoms with Crippen LogP contribution in [0.3, 0.4) is 0 Å². The summed E-state index contributed by atoms with van der Waals surface area (Å²) in [5, 5.41) is 11.9. The smallest absolute Gasteiger partial charge is 0.100 e. The topological polar surface area (TPSA) is 41.6 Å². The molecule has 0 fully saturated rings. The first-order valence-corrected chi connectivity index (χ1v) is 8.79. The van der Waals surface area contributed by atoms with Crippen molar-refractivity contribution in [1.29, 1.82) is 5.26 Å². The van der Waals surface area contributed by atoms with Gasteiger partial charge in [0.25, 0.3) is 0 Å². The van der Waals surface area contributed by atoms with Crippen LogP contribution in [0.2, 0.25) is 0 Å². The first kappa shape index (κ1) is 15.5. The molecule has 3 aromatic carbocycles. The molecule has 0 saturated heterocycles. The number of hydrogen-bond acceptors (Lipinski definition) is 3. The summed E-state index contributed by atoms with van der Waals surface area (Å²) in [4.78, 5) is 6.19. The standard InChI is InChI=1S/C21H15N3S/c22-13-19-6-5-16(14-24-10-9-23-15-24)11-21(19)25-20-8-7-17-3-1-2-4-18(17)12-20/h1-12,15H,14H2. The van der Waals surface area contributed by atoms with Crippen LogP contribution in [0.1, 0.15) is 11.1 Å². The molecule has 0 aliphatic carbocycles. The van der Waals surface area contributed by atoms with Crippen LogP contribution in [-0.2, 0) is 6.54 Å². The van der Waals surface area contributed by atoms with E-state index in [0.29, 0.717) is 5.56 Å². The molecule has 0 aliphatic heterocycles. The number of nitriles is 1. The number of fused-ring (bicyclic) bond motifs is 1. The molecule has 1 heterocycles.